The molecule has 3 heteroatoms. The first-order valence-electron chi connectivity index (χ1n) is 7.18. The fourth-order valence-corrected chi connectivity index (χ4v) is 2.61. The molecule has 1 atom stereocenters. The highest BCUT2D eigenvalue weighted by molar-refractivity contribution is 4.92. The average molecular weight is 241 g/mol. The van der Waals surface area contributed by atoms with Crippen LogP contribution in [0.1, 0.15) is 47.0 Å². The molecular weight excluding hydrogens is 210 g/mol. The summed E-state index contributed by atoms with van der Waals surface area (Å²) in [5.74, 6) is 0.697. The van der Waals surface area contributed by atoms with Crippen molar-refractivity contribution >= 4 is 0 Å². The van der Waals surface area contributed by atoms with Crippen LogP contribution in [0.4, 0.5) is 0 Å². The number of nitrogens with one attached hydrogen (secondary N) is 1. The van der Waals surface area contributed by atoms with Crippen LogP contribution in [0.2, 0.25) is 0 Å². The molecule has 1 aliphatic rings. The molecule has 0 aromatic carbocycles. The Hall–Kier alpha value is -0.120. The Labute approximate surface area is 107 Å². The number of nitrogens with zero attached hydrogens (tertiary/aromatic N) is 1. The lowest BCUT2D eigenvalue weighted by Crippen LogP contribution is -2.52. The van der Waals surface area contributed by atoms with Gasteiger partial charge in [-0.15, -0.1) is 0 Å². The van der Waals surface area contributed by atoms with Gasteiger partial charge in [0.15, 0.2) is 0 Å². The van der Waals surface area contributed by atoms with Crippen molar-refractivity contribution in [2.45, 2.75) is 58.5 Å². The monoisotopic (exact) mass is 241 g/mol. The summed E-state index contributed by atoms with van der Waals surface area (Å²) in [6.07, 6.45) is 3.67. The van der Waals surface area contributed by atoms with E-state index < -0.39 is 0 Å². The van der Waals surface area contributed by atoms with Crippen molar-refractivity contribution in [2.75, 3.05) is 26.2 Å². The van der Waals surface area contributed by atoms with E-state index in [0.717, 1.165) is 13.1 Å². The van der Waals surface area contributed by atoms with E-state index in [0.29, 0.717) is 12.0 Å². The first-order chi connectivity index (χ1) is 7.99. The Kier molecular flexibility index (Phi) is 5.90. The van der Waals surface area contributed by atoms with Crippen LogP contribution in [0.25, 0.3) is 0 Å². The fourth-order valence-electron chi connectivity index (χ4n) is 2.61. The molecule has 1 aliphatic heterocycles. The molecule has 0 aliphatic carbocycles. The minimum absolute atomic E-state index is 0.188. The van der Waals surface area contributed by atoms with Crippen molar-refractivity contribution in [2.24, 2.45) is 11.7 Å². The van der Waals surface area contributed by atoms with Gasteiger partial charge in [0.05, 0.1) is 0 Å². The van der Waals surface area contributed by atoms with Crippen molar-refractivity contribution in [3.63, 3.8) is 0 Å². The molecule has 0 aromatic rings. The largest absolute Gasteiger partial charge is 0.329 e. The molecule has 0 saturated carbocycles. The molecule has 1 fully saturated rings. The van der Waals surface area contributed by atoms with Crippen molar-refractivity contribution in [3.05, 3.63) is 0 Å². The third-order valence-corrected chi connectivity index (χ3v) is 3.98. The van der Waals surface area contributed by atoms with Gasteiger partial charge in [-0.3, -0.25) is 0 Å². The van der Waals surface area contributed by atoms with Crippen LogP contribution in [-0.4, -0.2) is 42.7 Å². The predicted octanol–water partition coefficient (Wildman–Crippen LogP) is 1.82. The van der Waals surface area contributed by atoms with Gasteiger partial charge in [-0.2, -0.15) is 0 Å². The van der Waals surface area contributed by atoms with Gasteiger partial charge in [0, 0.05) is 24.7 Å². The van der Waals surface area contributed by atoms with Gasteiger partial charge in [0.1, 0.15) is 0 Å². The normalized spacial score (nSPS) is 27.7. The van der Waals surface area contributed by atoms with Gasteiger partial charge in [-0.25, -0.2) is 0 Å². The minimum atomic E-state index is 0.188. The van der Waals surface area contributed by atoms with Crippen LogP contribution in [0.3, 0.4) is 0 Å². The standard InChI is InChI=1S/C14H31N3/c1-12(2)10-16-14(11-15)6-5-8-17(9-7-14)13(3)4/h12-13,16H,5-11,15H2,1-4H3. The van der Waals surface area contributed by atoms with Crippen LogP contribution in [0, 0.1) is 5.92 Å². The quantitative estimate of drug-likeness (QED) is 0.771. The fraction of sp³-hybridized carbons (Fsp3) is 1.00. The summed E-state index contributed by atoms with van der Waals surface area (Å²) in [5.41, 5.74) is 6.22. The Morgan fingerprint density at radius 3 is 2.41 bits per heavy atom. The van der Waals surface area contributed by atoms with Gasteiger partial charge in [0.25, 0.3) is 0 Å². The number of likely N-dealkylation sites (tertiary alicyclic amines) is 1. The highest BCUT2D eigenvalue weighted by atomic mass is 15.2. The van der Waals surface area contributed by atoms with E-state index in [9.17, 15) is 0 Å². The van der Waals surface area contributed by atoms with Crippen LogP contribution in [0.5, 0.6) is 0 Å². The zero-order valence-corrected chi connectivity index (χ0v) is 12.1. The highest BCUT2D eigenvalue weighted by Crippen LogP contribution is 2.22. The lowest BCUT2D eigenvalue weighted by atomic mass is 9.90. The Balaban J connectivity index is 2.55. The molecule has 17 heavy (non-hydrogen) atoms. The molecule has 3 N–H and O–H groups in total. The molecule has 102 valence electrons. The second kappa shape index (κ2) is 6.72. The molecule has 1 rings (SSSR count). The van der Waals surface area contributed by atoms with Crippen molar-refractivity contribution in [1.82, 2.24) is 10.2 Å². The van der Waals surface area contributed by atoms with Gasteiger partial charge in [0.2, 0.25) is 0 Å². The average Bonchev–Trinajstić information content (AvgIpc) is 2.49. The minimum Gasteiger partial charge on any atom is -0.329 e. The van der Waals surface area contributed by atoms with E-state index in [1.54, 1.807) is 0 Å². The molecule has 1 heterocycles. The maximum atomic E-state index is 6.03. The van der Waals surface area contributed by atoms with E-state index in [1.807, 2.05) is 0 Å². The zero-order valence-electron chi connectivity index (χ0n) is 12.1. The molecular formula is C14H31N3. The van der Waals surface area contributed by atoms with Crippen LogP contribution in [-0.2, 0) is 0 Å². The van der Waals surface area contributed by atoms with Gasteiger partial charge < -0.3 is 16.0 Å². The van der Waals surface area contributed by atoms with E-state index in [1.165, 1.54) is 32.4 Å². The van der Waals surface area contributed by atoms with E-state index >= 15 is 0 Å². The number of hydrogen-bond acceptors (Lipinski definition) is 3. The Morgan fingerprint density at radius 1 is 1.18 bits per heavy atom. The first-order valence-corrected chi connectivity index (χ1v) is 7.18. The maximum absolute atomic E-state index is 6.03. The third-order valence-electron chi connectivity index (χ3n) is 3.98. The van der Waals surface area contributed by atoms with E-state index in [2.05, 4.69) is 37.9 Å². The SMILES string of the molecule is CC(C)CNC1(CN)CCCN(C(C)C)CC1. The van der Waals surface area contributed by atoms with Crippen molar-refractivity contribution < 1.29 is 0 Å². The van der Waals surface area contributed by atoms with E-state index in [4.69, 9.17) is 5.73 Å². The third kappa shape index (κ3) is 4.57. The zero-order chi connectivity index (χ0) is 12.9. The second-order valence-corrected chi connectivity index (χ2v) is 6.24. The first kappa shape index (κ1) is 14.9. The topological polar surface area (TPSA) is 41.3 Å². The lowest BCUT2D eigenvalue weighted by Gasteiger charge is -2.34. The van der Waals surface area contributed by atoms with Gasteiger partial charge in [-0.05, 0) is 52.1 Å². The molecule has 0 bridgehead atoms. The molecule has 1 unspecified atom stereocenters. The van der Waals surface area contributed by atoms with Crippen molar-refractivity contribution in [1.29, 1.82) is 0 Å². The van der Waals surface area contributed by atoms with Crippen LogP contribution in [0.15, 0.2) is 0 Å². The molecule has 0 amide bonds. The highest BCUT2D eigenvalue weighted by Gasteiger charge is 2.31. The number of rotatable bonds is 5. The summed E-state index contributed by atoms with van der Waals surface area (Å²) in [7, 11) is 0. The predicted molar refractivity (Wildman–Crippen MR) is 75.2 cm³/mol. The van der Waals surface area contributed by atoms with Crippen LogP contribution >= 0.6 is 0 Å². The second-order valence-electron chi connectivity index (χ2n) is 6.24. The molecule has 3 nitrogen and oxygen atoms in total. The summed E-state index contributed by atoms with van der Waals surface area (Å²) in [6, 6.07) is 0.661. The summed E-state index contributed by atoms with van der Waals surface area (Å²) in [5, 5.41) is 3.73. The summed E-state index contributed by atoms with van der Waals surface area (Å²) < 4.78 is 0. The summed E-state index contributed by atoms with van der Waals surface area (Å²) in [6.45, 7) is 13.4. The van der Waals surface area contributed by atoms with Crippen LogP contribution < -0.4 is 11.1 Å². The number of hydrogen-bond donors (Lipinski definition) is 2. The van der Waals surface area contributed by atoms with Gasteiger partial charge >= 0.3 is 0 Å². The lowest BCUT2D eigenvalue weighted by molar-refractivity contribution is 0.217. The summed E-state index contributed by atoms with van der Waals surface area (Å²) >= 11 is 0. The number of nitrogens with two attached hydrogens (primary N) is 1. The maximum Gasteiger partial charge on any atom is 0.0316 e. The smallest absolute Gasteiger partial charge is 0.0316 e. The Morgan fingerprint density at radius 2 is 1.88 bits per heavy atom. The van der Waals surface area contributed by atoms with Gasteiger partial charge in [-0.1, -0.05) is 13.8 Å². The summed E-state index contributed by atoms with van der Waals surface area (Å²) in [4.78, 5) is 2.58. The van der Waals surface area contributed by atoms with E-state index in [-0.39, 0.29) is 5.54 Å². The molecule has 0 spiro atoms. The van der Waals surface area contributed by atoms with Crippen molar-refractivity contribution in [3.8, 4) is 0 Å². The Bertz CT molecular complexity index is 216. The molecule has 0 radical (unpaired) electrons. The molecule has 0 aromatic heterocycles. The molecule has 1 saturated heterocycles.